The van der Waals surface area contributed by atoms with Crippen molar-refractivity contribution in [2.45, 2.75) is 18.6 Å². The molecule has 0 aliphatic carbocycles. The highest BCUT2D eigenvalue weighted by Gasteiger charge is 2.44. The first kappa shape index (κ1) is 17.5. The summed E-state index contributed by atoms with van der Waals surface area (Å²) in [5, 5.41) is 45.7. The third-order valence-corrected chi connectivity index (χ3v) is 2.96. The molecule has 0 radical (unpaired) electrons. The van der Waals surface area contributed by atoms with E-state index in [0.717, 1.165) is 13.0 Å². The highest BCUT2D eigenvalue weighted by Crippen LogP contribution is 2.25. The number of carbonyl (C=O) groups is 2. The van der Waals surface area contributed by atoms with Crippen LogP contribution in [-0.4, -0.2) is 55.8 Å². The monoisotopic (exact) mass is 312 g/mol. The number of ether oxygens (including phenoxy) is 1. The number of aliphatic hydroxyl groups is 2. The number of aromatic hydroxyl groups is 2. The van der Waals surface area contributed by atoms with E-state index in [1.807, 2.05) is 0 Å². The molecule has 0 fully saturated rings. The number of benzene rings is 1. The zero-order valence-electron chi connectivity index (χ0n) is 11.6. The van der Waals surface area contributed by atoms with Gasteiger partial charge >= 0.3 is 11.9 Å². The van der Waals surface area contributed by atoms with Crippen molar-refractivity contribution in [3.05, 3.63) is 29.8 Å². The van der Waals surface area contributed by atoms with Gasteiger partial charge in [-0.2, -0.15) is 0 Å². The van der Waals surface area contributed by atoms with E-state index in [0.29, 0.717) is 5.56 Å². The normalized spacial score (nSPS) is 15.2. The quantitative estimate of drug-likeness (QED) is 0.277. The number of phenolic OH excluding ortho intramolecular Hbond substituents is 2. The molecule has 5 N–H and O–H groups in total. The summed E-state index contributed by atoms with van der Waals surface area (Å²) in [6, 6.07) is 3.78. The molecule has 0 saturated carbocycles. The van der Waals surface area contributed by atoms with Crippen molar-refractivity contribution in [3.63, 3.8) is 0 Å². The molecule has 0 aliphatic heterocycles. The van der Waals surface area contributed by atoms with Gasteiger partial charge in [-0.3, -0.25) is 0 Å². The molecular weight excluding hydrogens is 296 g/mol. The summed E-state index contributed by atoms with van der Waals surface area (Å²) in [4.78, 5) is 22.7. The molecule has 2 atom stereocenters. The number of aliphatic hydroxyl groups excluding tert-OH is 2. The van der Waals surface area contributed by atoms with E-state index >= 15 is 0 Å². The number of rotatable bonds is 6. The van der Waals surface area contributed by atoms with Gasteiger partial charge in [-0.05, 0) is 30.7 Å². The second-order valence-electron chi connectivity index (χ2n) is 4.61. The standard InChI is InChI=1S/C14H16O8/c1-14(13(20)21,11(18)7-15)22-12(19)5-3-8-2-4-9(16)10(17)6-8/h2-6,11,15-18H,7H2,1H3,(H,20,21)/b5-3+/t11-,14-/m0/s1. The van der Waals surface area contributed by atoms with Crippen LogP contribution >= 0.6 is 0 Å². The van der Waals surface area contributed by atoms with E-state index in [1.54, 1.807) is 0 Å². The maximum Gasteiger partial charge on any atom is 0.350 e. The predicted molar refractivity (Wildman–Crippen MR) is 74.0 cm³/mol. The van der Waals surface area contributed by atoms with Crippen molar-refractivity contribution in [1.82, 2.24) is 0 Å². The maximum absolute atomic E-state index is 11.6. The lowest BCUT2D eigenvalue weighted by atomic mass is 10.00. The Morgan fingerprint density at radius 2 is 1.95 bits per heavy atom. The second-order valence-corrected chi connectivity index (χ2v) is 4.61. The van der Waals surface area contributed by atoms with Crippen LogP contribution in [0.3, 0.4) is 0 Å². The topological polar surface area (TPSA) is 145 Å². The van der Waals surface area contributed by atoms with E-state index in [4.69, 9.17) is 15.3 Å². The van der Waals surface area contributed by atoms with Crippen LogP contribution in [-0.2, 0) is 14.3 Å². The molecule has 0 unspecified atom stereocenters. The summed E-state index contributed by atoms with van der Waals surface area (Å²) in [6.45, 7) is 0.0555. The van der Waals surface area contributed by atoms with Crippen molar-refractivity contribution < 1.29 is 39.9 Å². The van der Waals surface area contributed by atoms with Gasteiger partial charge in [0.05, 0.1) is 6.61 Å². The Balaban J connectivity index is 2.85. The van der Waals surface area contributed by atoms with Crippen LogP contribution in [0.2, 0.25) is 0 Å². The molecule has 0 aliphatic rings. The number of hydrogen-bond donors (Lipinski definition) is 5. The molecule has 0 saturated heterocycles. The molecule has 0 spiro atoms. The zero-order chi connectivity index (χ0) is 16.9. The van der Waals surface area contributed by atoms with Crippen LogP contribution in [0.25, 0.3) is 6.08 Å². The Labute approximate surface area is 125 Å². The van der Waals surface area contributed by atoms with E-state index in [9.17, 15) is 19.8 Å². The number of carboxylic acid groups (broad SMARTS) is 1. The average molecular weight is 312 g/mol. The van der Waals surface area contributed by atoms with Crippen molar-refractivity contribution in [1.29, 1.82) is 0 Å². The highest BCUT2D eigenvalue weighted by atomic mass is 16.6. The highest BCUT2D eigenvalue weighted by molar-refractivity contribution is 5.90. The fourth-order valence-electron chi connectivity index (χ4n) is 1.48. The molecule has 120 valence electrons. The third-order valence-electron chi connectivity index (χ3n) is 2.96. The Hall–Kier alpha value is -2.58. The molecule has 8 heteroatoms. The maximum atomic E-state index is 11.6. The van der Waals surface area contributed by atoms with Gasteiger partial charge in [0.15, 0.2) is 11.5 Å². The van der Waals surface area contributed by atoms with E-state index in [2.05, 4.69) is 4.74 Å². The number of carboxylic acids is 1. The zero-order valence-corrected chi connectivity index (χ0v) is 11.6. The van der Waals surface area contributed by atoms with Crippen LogP contribution in [0.4, 0.5) is 0 Å². The fourth-order valence-corrected chi connectivity index (χ4v) is 1.48. The van der Waals surface area contributed by atoms with Crippen molar-refractivity contribution in [2.75, 3.05) is 6.61 Å². The first-order valence-corrected chi connectivity index (χ1v) is 6.16. The molecule has 0 aromatic heterocycles. The summed E-state index contributed by atoms with van der Waals surface area (Å²) in [6.07, 6.45) is 0.312. The van der Waals surface area contributed by atoms with Gasteiger partial charge in [0, 0.05) is 6.08 Å². The van der Waals surface area contributed by atoms with Gasteiger partial charge < -0.3 is 30.3 Å². The SMILES string of the molecule is C[C@@](OC(=O)/C=C/c1ccc(O)c(O)c1)(C(=O)O)[C@@H](O)CO. The van der Waals surface area contributed by atoms with E-state index < -0.39 is 30.3 Å². The fraction of sp³-hybridized carbons (Fsp3) is 0.286. The van der Waals surface area contributed by atoms with Crippen LogP contribution < -0.4 is 0 Å². The Kier molecular flexibility index (Phi) is 5.50. The third kappa shape index (κ3) is 3.96. The van der Waals surface area contributed by atoms with Gasteiger partial charge in [-0.25, -0.2) is 9.59 Å². The summed E-state index contributed by atoms with van der Waals surface area (Å²) in [5.74, 6) is -3.39. The Morgan fingerprint density at radius 1 is 1.32 bits per heavy atom. The predicted octanol–water partition coefficient (Wildman–Crippen LogP) is -0.149. The number of aliphatic carboxylic acids is 1. The molecule has 1 aromatic rings. The molecule has 1 aromatic carbocycles. The van der Waals surface area contributed by atoms with Crippen molar-refractivity contribution in [3.8, 4) is 11.5 Å². The summed E-state index contributed by atoms with van der Waals surface area (Å²) in [5.41, 5.74) is -1.94. The van der Waals surface area contributed by atoms with Crippen LogP contribution in [0.5, 0.6) is 11.5 Å². The lowest BCUT2D eigenvalue weighted by Crippen LogP contribution is -2.51. The number of carbonyl (C=O) groups excluding carboxylic acids is 1. The Morgan fingerprint density at radius 3 is 2.45 bits per heavy atom. The minimum absolute atomic E-state index is 0.329. The van der Waals surface area contributed by atoms with Crippen molar-refractivity contribution >= 4 is 18.0 Å². The average Bonchev–Trinajstić information content (AvgIpc) is 2.47. The Bertz CT molecular complexity index is 595. The largest absolute Gasteiger partial charge is 0.504 e. The van der Waals surface area contributed by atoms with Gasteiger partial charge in [0.1, 0.15) is 6.10 Å². The molecule has 0 amide bonds. The number of esters is 1. The molecule has 22 heavy (non-hydrogen) atoms. The van der Waals surface area contributed by atoms with Gasteiger partial charge in [-0.15, -0.1) is 0 Å². The van der Waals surface area contributed by atoms with Gasteiger partial charge in [0.25, 0.3) is 0 Å². The molecule has 1 rings (SSSR count). The first-order valence-electron chi connectivity index (χ1n) is 6.16. The van der Waals surface area contributed by atoms with Crippen molar-refractivity contribution in [2.24, 2.45) is 0 Å². The molecular formula is C14H16O8. The van der Waals surface area contributed by atoms with E-state index in [1.165, 1.54) is 24.3 Å². The lowest BCUT2D eigenvalue weighted by molar-refractivity contribution is -0.189. The summed E-state index contributed by atoms with van der Waals surface area (Å²) < 4.78 is 4.68. The smallest absolute Gasteiger partial charge is 0.350 e. The van der Waals surface area contributed by atoms with Crippen LogP contribution in [0.1, 0.15) is 12.5 Å². The minimum atomic E-state index is -2.30. The first-order chi connectivity index (χ1) is 10.2. The lowest BCUT2D eigenvalue weighted by Gasteiger charge is -2.28. The minimum Gasteiger partial charge on any atom is -0.504 e. The second kappa shape index (κ2) is 6.92. The van der Waals surface area contributed by atoms with E-state index in [-0.39, 0.29) is 11.5 Å². The summed E-state index contributed by atoms with van der Waals surface area (Å²) in [7, 11) is 0. The number of phenols is 2. The van der Waals surface area contributed by atoms with Crippen LogP contribution in [0, 0.1) is 0 Å². The molecule has 0 heterocycles. The van der Waals surface area contributed by atoms with Gasteiger partial charge in [-0.1, -0.05) is 6.07 Å². The summed E-state index contributed by atoms with van der Waals surface area (Å²) >= 11 is 0. The molecule has 8 nitrogen and oxygen atoms in total. The van der Waals surface area contributed by atoms with Crippen LogP contribution in [0.15, 0.2) is 24.3 Å². The number of hydrogen-bond acceptors (Lipinski definition) is 7. The molecule has 0 bridgehead atoms. The van der Waals surface area contributed by atoms with Gasteiger partial charge in [0.2, 0.25) is 5.60 Å².